The number of carbonyl (C=O) groups excluding carboxylic acids is 3. The number of aliphatic hydroxyl groups is 1. The van der Waals surface area contributed by atoms with Gasteiger partial charge in [0.15, 0.2) is 0 Å². The Labute approximate surface area is 227 Å². The standard InChI is InChI=1S/C29H37F2N3O5/c1-18(2)21-6-5-7-22(15-21)29(8-10-34(11-9-29)27(37)28(38)39-4)32-17-26(36)25(33-19(3)35)14-20-12-23(30)16-24(31)13-20/h5-7,12-13,15-16,18,25-26,32,36H,8-11,14,17H2,1-4H3,(H,33,35)/t25-,26+/m0/s1. The first-order valence-electron chi connectivity index (χ1n) is 13.1. The van der Waals surface area contributed by atoms with E-state index in [2.05, 4.69) is 35.3 Å². The summed E-state index contributed by atoms with van der Waals surface area (Å²) in [6.45, 7) is 6.13. The zero-order valence-electron chi connectivity index (χ0n) is 22.8. The van der Waals surface area contributed by atoms with Crippen molar-refractivity contribution in [2.45, 2.75) is 63.6 Å². The van der Waals surface area contributed by atoms with Crippen molar-refractivity contribution in [3.05, 3.63) is 70.8 Å². The monoisotopic (exact) mass is 545 g/mol. The van der Waals surface area contributed by atoms with Gasteiger partial charge in [0, 0.05) is 38.2 Å². The topological polar surface area (TPSA) is 108 Å². The van der Waals surface area contributed by atoms with E-state index >= 15 is 0 Å². The Balaban J connectivity index is 1.84. The van der Waals surface area contributed by atoms with Crippen LogP contribution in [-0.2, 0) is 31.1 Å². The van der Waals surface area contributed by atoms with Gasteiger partial charge in [0.2, 0.25) is 5.91 Å². The van der Waals surface area contributed by atoms with Crippen molar-refractivity contribution in [1.29, 1.82) is 0 Å². The molecule has 1 fully saturated rings. The Bertz CT molecular complexity index is 1160. The molecular weight excluding hydrogens is 508 g/mol. The van der Waals surface area contributed by atoms with Crippen molar-refractivity contribution in [2.24, 2.45) is 0 Å². The summed E-state index contributed by atoms with van der Waals surface area (Å²) in [4.78, 5) is 37.5. The van der Waals surface area contributed by atoms with E-state index in [1.807, 2.05) is 18.2 Å². The van der Waals surface area contributed by atoms with E-state index in [4.69, 9.17) is 0 Å². The molecule has 0 unspecified atom stereocenters. The van der Waals surface area contributed by atoms with Crippen LogP contribution >= 0.6 is 0 Å². The molecule has 3 rings (SSSR count). The normalized spacial score (nSPS) is 16.5. The van der Waals surface area contributed by atoms with Gasteiger partial charge in [-0.25, -0.2) is 13.6 Å². The third-order valence-electron chi connectivity index (χ3n) is 7.25. The number of ether oxygens (including phenoxy) is 1. The number of aliphatic hydroxyl groups excluding tert-OH is 1. The minimum absolute atomic E-state index is 0.0222. The fourth-order valence-electron chi connectivity index (χ4n) is 5.04. The molecule has 0 aliphatic carbocycles. The van der Waals surface area contributed by atoms with Crippen molar-refractivity contribution in [2.75, 3.05) is 26.7 Å². The number of benzene rings is 2. The van der Waals surface area contributed by atoms with Gasteiger partial charge in [-0.3, -0.25) is 9.59 Å². The average molecular weight is 546 g/mol. The number of halogens is 2. The van der Waals surface area contributed by atoms with E-state index in [1.165, 1.54) is 31.1 Å². The number of carbonyl (C=O) groups is 3. The lowest BCUT2D eigenvalue weighted by atomic mass is 9.79. The van der Waals surface area contributed by atoms with Crippen LogP contribution in [0.15, 0.2) is 42.5 Å². The van der Waals surface area contributed by atoms with Crippen LogP contribution in [0.25, 0.3) is 0 Å². The largest absolute Gasteiger partial charge is 0.462 e. The number of hydrogen-bond acceptors (Lipinski definition) is 6. The first-order valence-corrected chi connectivity index (χ1v) is 13.1. The molecule has 0 bridgehead atoms. The minimum atomic E-state index is -1.10. The fraction of sp³-hybridized carbons (Fsp3) is 0.483. The summed E-state index contributed by atoms with van der Waals surface area (Å²) in [6.07, 6.45) is -0.151. The maximum atomic E-state index is 13.8. The van der Waals surface area contributed by atoms with Crippen LogP contribution in [-0.4, -0.2) is 66.7 Å². The first-order chi connectivity index (χ1) is 18.4. The third-order valence-corrected chi connectivity index (χ3v) is 7.25. The Morgan fingerprint density at radius 2 is 1.72 bits per heavy atom. The van der Waals surface area contributed by atoms with Crippen molar-refractivity contribution >= 4 is 17.8 Å². The molecule has 10 heteroatoms. The number of rotatable bonds is 9. The van der Waals surface area contributed by atoms with Gasteiger partial charge >= 0.3 is 11.9 Å². The van der Waals surface area contributed by atoms with Crippen LogP contribution in [0.5, 0.6) is 0 Å². The van der Waals surface area contributed by atoms with Crippen molar-refractivity contribution in [3.63, 3.8) is 0 Å². The summed E-state index contributed by atoms with van der Waals surface area (Å²) in [6, 6.07) is 10.4. The summed E-state index contributed by atoms with van der Waals surface area (Å²) >= 11 is 0. The van der Waals surface area contributed by atoms with Crippen LogP contribution in [0.2, 0.25) is 0 Å². The summed E-state index contributed by atoms with van der Waals surface area (Å²) in [5, 5.41) is 17.3. The summed E-state index contributed by atoms with van der Waals surface area (Å²) < 4.78 is 32.1. The number of piperidine rings is 1. The van der Waals surface area contributed by atoms with E-state index in [0.29, 0.717) is 31.5 Å². The van der Waals surface area contributed by atoms with E-state index < -0.39 is 41.2 Å². The number of likely N-dealkylation sites (tertiary alicyclic amines) is 1. The molecule has 2 atom stereocenters. The zero-order chi connectivity index (χ0) is 28.7. The highest BCUT2D eigenvalue weighted by Gasteiger charge is 2.39. The van der Waals surface area contributed by atoms with Crippen LogP contribution in [0.3, 0.4) is 0 Å². The van der Waals surface area contributed by atoms with Crippen LogP contribution in [0.4, 0.5) is 8.78 Å². The Morgan fingerprint density at radius 3 is 2.28 bits per heavy atom. The fourth-order valence-corrected chi connectivity index (χ4v) is 5.04. The molecule has 1 heterocycles. The molecule has 2 aromatic carbocycles. The van der Waals surface area contributed by atoms with Gasteiger partial charge in [-0.15, -0.1) is 0 Å². The number of amides is 2. The van der Waals surface area contributed by atoms with Gasteiger partial charge in [-0.2, -0.15) is 0 Å². The lowest BCUT2D eigenvalue weighted by Gasteiger charge is -2.43. The second-order valence-electron chi connectivity index (χ2n) is 10.4. The van der Waals surface area contributed by atoms with Gasteiger partial charge in [0.05, 0.1) is 19.3 Å². The molecule has 212 valence electrons. The smallest absolute Gasteiger partial charge is 0.396 e. The number of nitrogens with zero attached hydrogens (tertiary/aromatic N) is 1. The Hall–Kier alpha value is -3.37. The molecule has 8 nitrogen and oxygen atoms in total. The predicted molar refractivity (Wildman–Crippen MR) is 142 cm³/mol. The molecule has 39 heavy (non-hydrogen) atoms. The van der Waals surface area contributed by atoms with Gasteiger partial charge in [-0.05, 0) is 54.0 Å². The highest BCUT2D eigenvalue weighted by atomic mass is 19.1. The second kappa shape index (κ2) is 13.1. The molecule has 0 saturated carbocycles. The van der Waals surface area contributed by atoms with Gasteiger partial charge < -0.3 is 25.4 Å². The molecule has 0 aromatic heterocycles. The highest BCUT2D eigenvalue weighted by molar-refractivity contribution is 6.32. The zero-order valence-corrected chi connectivity index (χ0v) is 22.8. The summed E-state index contributed by atoms with van der Waals surface area (Å²) in [7, 11) is 1.17. The van der Waals surface area contributed by atoms with E-state index in [-0.39, 0.29) is 24.8 Å². The first kappa shape index (κ1) is 30.2. The van der Waals surface area contributed by atoms with Crippen molar-refractivity contribution < 1.29 is 33.0 Å². The van der Waals surface area contributed by atoms with E-state index in [1.54, 1.807) is 0 Å². The maximum Gasteiger partial charge on any atom is 0.396 e. The maximum absolute atomic E-state index is 13.8. The van der Waals surface area contributed by atoms with E-state index in [0.717, 1.165) is 17.2 Å². The van der Waals surface area contributed by atoms with Crippen molar-refractivity contribution in [3.8, 4) is 0 Å². The molecular formula is C29H37F2N3O5. The van der Waals surface area contributed by atoms with Gasteiger partial charge in [0.1, 0.15) is 11.6 Å². The lowest BCUT2D eigenvalue weighted by Crippen LogP contribution is -2.57. The quantitative estimate of drug-likeness (QED) is 0.331. The predicted octanol–water partition coefficient (Wildman–Crippen LogP) is 2.78. The second-order valence-corrected chi connectivity index (χ2v) is 10.4. The molecule has 2 aromatic rings. The van der Waals surface area contributed by atoms with Gasteiger partial charge in [0.25, 0.3) is 0 Å². The van der Waals surface area contributed by atoms with Crippen LogP contribution < -0.4 is 10.6 Å². The van der Waals surface area contributed by atoms with Crippen molar-refractivity contribution in [1.82, 2.24) is 15.5 Å². The SMILES string of the molecule is COC(=O)C(=O)N1CCC(NC[C@@H](O)[C@H](Cc2cc(F)cc(F)c2)NC(C)=O)(c2cccc(C(C)C)c2)CC1. The summed E-state index contributed by atoms with van der Waals surface area (Å²) in [5.41, 5.74) is 1.78. The Morgan fingerprint density at radius 1 is 1.08 bits per heavy atom. The lowest BCUT2D eigenvalue weighted by molar-refractivity contribution is -0.159. The number of methoxy groups -OCH3 is 1. The average Bonchev–Trinajstić information content (AvgIpc) is 2.90. The van der Waals surface area contributed by atoms with Crippen LogP contribution in [0, 0.1) is 11.6 Å². The summed E-state index contributed by atoms with van der Waals surface area (Å²) in [5.74, 6) is -3.20. The highest BCUT2D eigenvalue weighted by Crippen LogP contribution is 2.35. The van der Waals surface area contributed by atoms with Crippen LogP contribution in [0.1, 0.15) is 56.2 Å². The molecule has 1 saturated heterocycles. The van der Waals surface area contributed by atoms with E-state index in [9.17, 15) is 28.3 Å². The molecule has 1 aliphatic heterocycles. The third kappa shape index (κ3) is 7.83. The molecule has 3 N–H and O–H groups in total. The molecule has 0 spiro atoms. The molecule has 1 aliphatic rings. The number of esters is 1. The molecule has 0 radical (unpaired) electrons. The number of hydrogen-bond donors (Lipinski definition) is 3. The Kier molecular flexibility index (Phi) is 10.2. The molecule has 2 amide bonds. The minimum Gasteiger partial charge on any atom is -0.462 e. The number of nitrogens with one attached hydrogen (secondary N) is 2. The van der Waals surface area contributed by atoms with Gasteiger partial charge in [-0.1, -0.05) is 38.1 Å².